The number of benzene rings is 1. The maximum Gasteiger partial charge on any atom is 0.471 e. The lowest BCUT2D eigenvalue weighted by Crippen LogP contribution is -2.61. The van der Waals surface area contributed by atoms with E-state index in [1.807, 2.05) is 5.32 Å². The zero-order chi connectivity index (χ0) is 22.2. The summed E-state index contributed by atoms with van der Waals surface area (Å²) in [5.74, 6) is -3.27. The van der Waals surface area contributed by atoms with Gasteiger partial charge in [0.05, 0.1) is 5.60 Å². The highest BCUT2D eigenvalue weighted by molar-refractivity contribution is 6.30. The van der Waals surface area contributed by atoms with E-state index in [2.05, 4.69) is 0 Å². The van der Waals surface area contributed by atoms with Crippen molar-refractivity contribution in [1.82, 2.24) is 10.2 Å². The van der Waals surface area contributed by atoms with Gasteiger partial charge in [-0.3, -0.25) is 9.59 Å². The molecule has 2 N–H and O–H groups in total. The molecule has 0 aromatic heterocycles. The maximum atomic E-state index is 12.9. The Bertz CT molecular complexity index is 765. The number of rotatable bonds is 4. The van der Waals surface area contributed by atoms with Crippen LogP contribution in [0.1, 0.15) is 39.7 Å². The lowest BCUT2D eigenvalue weighted by atomic mass is 9.66. The number of hydrogen-bond donors (Lipinski definition) is 2. The van der Waals surface area contributed by atoms with Crippen molar-refractivity contribution in [2.75, 3.05) is 13.1 Å². The largest absolute Gasteiger partial charge is 0.471 e. The van der Waals surface area contributed by atoms with Crippen molar-refractivity contribution in [3.05, 3.63) is 34.9 Å². The lowest BCUT2D eigenvalue weighted by molar-refractivity contribution is -0.176. The maximum absolute atomic E-state index is 12.9. The van der Waals surface area contributed by atoms with Crippen LogP contribution >= 0.6 is 11.6 Å². The first-order valence-electron chi connectivity index (χ1n) is 9.34. The Balaban J connectivity index is 2.22. The quantitative estimate of drug-likeness (QED) is 0.762. The van der Waals surface area contributed by atoms with Gasteiger partial charge in [0.2, 0.25) is 5.91 Å². The Morgan fingerprint density at radius 2 is 1.76 bits per heavy atom. The van der Waals surface area contributed by atoms with Gasteiger partial charge in [0.15, 0.2) is 0 Å². The molecule has 0 saturated carbocycles. The molecule has 29 heavy (non-hydrogen) atoms. The summed E-state index contributed by atoms with van der Waals surface area (Å²) < 4.78 is 37.9. The number of amides is 2. The number of nitrogens with zero attached hydrogens (tertiary/aromatic N) is 1. The summed E-state index contributed by atoms with van der Waals surface area (Å²) >= 11 is 5.92. The van der Waals surface area contributed by atoms with Crippen LogP contribution < -0.4 is 5.32 Å². The van der Waals surface area contributed by atoms with Gasteiger partial charge in [-0.25, -0.2) is 0 Å². The van der Waals surface area contributed by atoms with Gasteiger partial charge in [-0.1, -0.05) is 51.4 Å². The predicted octanol–water partition coefficient (Wildman–Crippen LogP) is 3.49. The Labute approximate surface area is 173 Å². The summed E-state index contributed by atoms with van der Waals surface area (Å²) in [5, 5.41) is 13.7. The van der Waals surface area contributed by atoms with Gasteiger partial charge in [0.25, 0.3) is 0 Å². The highest BCUT2D eigenvalue weighted by atomic mass is 35.5. The van der Waals surface area contributed by atoms with E-state index >= 15 is 0 Å². The van der Waals surface area contributed by atoms with Crippen molar-refractivity contribution in [3.63, 3.8) is 0 Å². The molecule has 1 aromatic carbocycles. The molecule has 0 radical (unpaired) electrons. The third-order valence-electron chi connectivity index (χ3n) is 5.56. The van der Waals surface area contributed by atoms with Crippen molar-refractivity contribution in [2.45, 2.75) is 51.9 Å². The lowest BCUT2D eigenvalue weighted by Gasteiger charge is -2.51. The zero-order valence-electron chi connectivity index (χ0n) is 16.8. The van der Waals surface area contributed by atoms with Crippen LogP contribution in [0, 0.1) is 11.3 Å². The van der Waals surface area contributed by atoms with Crippen molar-refractivity contribution in [3.8, 4) is 0 Å². The van der Waals surface area contributed by atoms with E-state index in [-0.39, 0.29) is 19.5 Å². The van der Waals surface area contributed by atoms with Gasteiger partial charge in [0.1, 0.15) is 6.04 Å². The third kappa shape index (κ3) is 4.86. The van der Waals surface area contributed by atoms with E-state index in [4.69, 9.17) is 11.6 Å². The fourth-order valence-electron chi connectivity index (χ4n) is 3.70. The van der Waals surface area contributed by atoms with Gasteiger partial charge in [-0.15, -0.1) is 0 Å². The highest BCUT2D eigenvalue weighted by Crippen LogP contribution is 2.46. The number of carbonyl (C=O) groups excluding carboxylic acids is 2. The summed E-state index contributed by atoms with van der Waals surface area (Å²) in [6, 6.07) is 5.49. The van der Waals surface area contributed by atoms with Crippen molar-refractivity contribution in [2.24, 2.45) is 11.3 Å². The second kappa shape index (κ2) is 8.14. The predicted molar refractivity (Wildman–Crippen MR) is 103 cm³/mol. The molecule has 1 aliphatic rings. The second-order valence-electron chi connectivity index (χ2n) is 8.45. The molecule has 0 aliphatic carbocycles. The monoisotopic (exact) mass is 434 g/mol. The summed E-state index contributed by atoms with van der Waals surface area (Å²) in [7, 11) is 0. The number of halogens is 4. The van der Waals surface area contributed by atoms with E-state index < -0.39 is 41.0 Å². The molecular weight excluding hydrogens is 409 g/mol. The molecule has 1 fully saturated rings. The molecule has 2 atom stereocenters. The molecule has 1 aromatic rings. The first-order chi connectivity index (χ1) is 13.2. The van der Waals surface area contributed by atoms with Crippen LogP contribution in [0.5, 0.6) is 0 Å². The van der Waals surface area contributed by atoms with Crippen LogP contribution in [0.25, 0.3) is 0 Å². The minimum Gasteiger partial charge on any atom is -0.384 e. The number of nitrogens with one attached hydrogen (secondary N) is 1. The van der Waals surface area contributed by atoms with Gasteiger partial charge < -0.3 is 15.3 Å². The first kappa shape index (κ1) is 23.5. The average Bonchev–Trinajstić information content (AvgIpc) is 2.60. The summed E-state index contributed by atoms with van der Waals surface area (Å²) in [6.07, 6.45) is -4.87. The van der Waals surface area contributed by atoms with E-state index in [0.29, 0.717) is 10.6 Å². The number of piperidine rings is 1. The fourth-order valence-corrected chi connectivity index (χ4v) is 3.83. The number of aliphatic hydroxyl groups is 1. The van der Waals surface area contributed by atoms with E-state index in [9.17, 15) is 27.9 Å². The molecule has 1 heterocycles. The Morgan fingerprint density at radius 1 is 1.21 bits per heavy atom. The molecule has 5 nitrogen and oxygen atoms in total. The number of carbonyl (C=O) groups is 2. The number of likely N-dealkylation sites (tertiary alicyclic amines) is 1. The topological polar surface area (TPSA) is 69.6 Å². The minimum absolute atomic E-state index is 0.121. The van der Waals surface area contributed by atoms with Crippen molar-refractivity contribution < 1.29 is 27.9 Å². The smallest absolute Gasteiger partial charge is 0.384 e. The fraction of sp³-hybridized carbons (Fsp3) is 0.600. The third-order valence-corrected chi connectivity index (χ3v) is 5.81. The molecule has 0 spiro atoms. The molecule has 0 bridgehead atoms. The summed E-state index contributed by atoms with van der Waals surface area (Å²) in [6.45, 7) is 6.98. The molecule has 9 heteroatoms. The summed E-state index contributed by atoms with van der Waals surface area (Å²) in [5.41, 5.74) is -1.37. The first-order valence-corrected chi connectivity index (χ1v) is 9.72. The van der Waals surface area contributed by atoms with Crippen LogP contribution in [0.3, 0.4) is 0 Å². The van der Waals surface area contributed by atoms with Crippen LogP contribution in [-0.2, 0) is 15.2 Å². The molecule has 2 rings (SSSR count). The SMILES string of the molecule is CC(C)[C@@H](NC(=O)C(F)(F)F)C(=O)N1CC[C@](O)(c2ccc(Cl)cc2)C(C)(C)C1. The number of hydrogen-bond acceptors (Lipinski definition) is 3. The zero-order valence-corrected chi connectivity index (χ0v) is 17.6. The van der Waals surface area contributed by atoms with Crippen molar-refractivity contribution in [1.29, 1.82) is 0 Å². The second-order valence-corrected chi connectivity index (χ2v) is 8.89. The Hall–Kier alpha value is -1.80. The van der Waals surface area contributed by atoms with Crippen LogP contribution in [0.2, 0.25) is 5.02 Å². The van der Waals surface area contributed by atoms with Crippen LogP contribution in [0.4, 0.5) is 13.2 Å². The molecule has 1 saturated heterocycles. The van der Waals surface area contributed by atoms with E-state index in [1.54, 1.807) is 52.0 Å². The molecular formula is C20H26ClF3N2O3. The minimum atomic E-state index is -5.07. The Morgan fingerprint density at radius 3 is 2.21 bits per heavy atom. The van der Waals surface area contributed by atoms with E-state index in [1.165, 1.54) is 4.90 Å². The average molecular weight is 435 g/mol. The van der Waals surface area contributed by atoms with Gasteiger partial charge in [-0.05, 0) is 30.0 Å². The van der Waals surface area contributed by atoms with E-state index in [0.717, 1.165) is 0 Å². The van der Waals surface area contributed by atoms with Gasteiger partial charge >= 0.3 is 12.1 Å². The standard InChI is InChI=1S/C20H26ClF3N2O3/c1-12(2)15(25-17(28)20(22,23)24)16(27)26-10-9-19(29,18(3,4)11-26)13-5-7-14(21)8-6-13/h5-8,12,15,29H,9-11H2,1-4H3,(H,25,28)/t15-,19+/m1/s1. The highest BCUT2D eigenvalue weighted by Gasteiger charge is 2.51. The molecule has 162 valence electrons. The Kier molecular flexibility index (Phi) is 6.59. The molecule has 1 aliphatic heterocycles. The van der Waals surface area contributed by atoms with Crippen LogP contribution in [0.15, 0.2) is 24.3 Å². The van der Waals surface area contributed by atoms with Gasteiger partial charge in [0, 0.05) is 23.5 Å². The van der Waals surface area contributed by atoms with Gasteiger partial charge in [-0.2, -0.15) is 13.2 Å². The summed E-state index contributed by atoms with van der Waals surface area (Å²) in [4.78, 5) is 25.7. The molecule has 0 unspecified atom stereocenters. The number of alkyl halides is 3. The van der Waals surface area contributed by atoms with Crippen molar-refractivity contribution >= 4 is 23.4 Å². The normalized spacial score (nSPS) is 23.0. The molecule has 2 amide bonds. The van der Waals surface area contributed by atoms with Crippen LogP contribution in [-0.4, -0.2) is 47.1 Å².